The van der Waals surface area contributed by atoms with Gasteiger partial charge in [-0.1, -0.05) is 13.5 Å². The standard InChI is InChI=1S/C9H14O2/c1-4-9(5-6-9)7(2)8(10)11-3/h2,4-6H2,1,3H3. The molecule has 0 aromatic carbocycles. The summed E-state index contributed by atoms with van der Waals surface area (Å²) in [4.78, 5) is 11.0. The van der Waals surface area contributed by atoms with Gasteiger partial charge in [-0.15, -0.1) is 0 Å². The zero-order valence-corrected chi connectivity index (χ0v) is 7.14. The van der Waals surface area contributed by atoms with Crippen LogP contribution in [0.2, 0.25) is 0 Å². The molecule has 0 amide bonds. The number of rotatable bonds is 3. The average Bonchev–Trinajstić information content (AvgIpc) is 2.82. The zero-order chi connectivity index (χ0) is 8.48. The fraction of sp³-hybridized carbons (Fsp3) is 0.667. The lowest BCUT2D eigenvalue weighted by Gasteiger charge is -2.12. The Labute approximate surface area is 67.2 Å². The van der Waals surface area contributed by atoms with Gasteiger partial charge in [-0.2, -0.15) is 0 Å². The number of methoxy groups -OCH3 is 1. The molecule has 1 rings (SSSR count). The Bertz CT molecular complexity index is 190. The molecular formula is C9H14O2. The monoisotopic (exact) mass is 154 g/mol. The molecule has 0 saturated heterocycles. The van der Waals surface area contributed by atoms with E-state index in [0.29, 0.717) is 5.57 Å². The molecule has 2 heteroatoms. The topological polar surface area (TPSA) is 26.3 Å². The summed E-state index contributed by atoms with van der Waals surface area (Å²) in [7, 11) is 1.40. The van der Waals surface area contributed by atoms with Crippen molar-refractivity contribution in [3.8, 4) is 0 Å². The molecule has 1 aliphatic carbocycles. The first-order chi connectivity index (χ1) is 5.16. The summed E-state index contributed by atoms with van der Waals surface area (Å²) in [5.41, 5.74) is 0.759. The molecule has 0 spiro atoms. The molecular weight excluding hydrogens is 140 g/mol. The third-order valence-corrected chi connectivity index (χ3v) is 2.60. The van der Waals surface area contributed by atoms with Crippen LogP contribution >= 0.6 is 0 Å². The highest BCUT2D eigenvalue weighted by Gasteiger charge is 2.46. The van der Waals surface area contributed by atoms with Crippen molar-refractivity contribution in [2.75, 3.05) is 7.11 Å². The van der Waals surface area contributed by atoms with Crippen LogP contribution in [0.3, 0.4) is 0 Å². The summed E-state index contributed by atoms with van der Waals surface area (Å²) < 4.78 is 4.60. The van der Waals surface area contributed by atoms with Crippen molar-refractivity contribution in [3.63, 3.8) is 0 Å². The molecule has 0 aromatic rings. The van der Waals surface area contributed by atoms with Gasteiger partial charge in [-0.25, -0.2) is 4.79 Å². The maximum atomic E-state index is 11.0. The molecule has 0 aliphatic heterocycles. The Hall–Kier alpha value is -0.790. The van der Waals surface area contributed by atoms with Crippen LogP contribution in [0.25, 0.3) is 0 Å². The van der Waals surface area contributed by atoms with E-state index in [0.717, 1.165) is 19.3 Å². The zero-order valence-electron chi connectivity index (χ0n) is 7.14. The molecule has 0 atom stereocenters. The maximum absolute atomic E-state index is 11.0. The van der Waals surface area contributed by atoms with Gasteiger partial charge in [0.1, 0.15) is 0 Å². The van der Waals surface area contributed by atoms with Crippen LogP contribution in [-0.2, 0) is 9.53 Å². The minimum absolute atomic E-state index is 0.104. The lowest BCUT2D eigenvalue weighted by molar-refractivity contribution is -0.136. The van der Waals surface area contributed by atoms with Gasteiger partial charge in [0, 0.05) is 11.0 Å². The van der Waals surface area contributed by atoms with E-state index in [1.807, 2.05) is 0 Å². The van der Waals surface area contributed by atoms with E-state index in [1.165, 1.54) is 7.11 Å². The summed E-state index contributed by atoms with van der Waals surface area (Å²) in [6, 6.07) is 0. The quantitative estimate of drug-likeness (QED) is 0.458. The highest BCUT2D eigenvalue weighted by atomic mass is 16.5. The van der Waals surface area contributed by atoms with Gasteiger partial charge in [-0.3, -0.25) is 0 Å². The normalized spacial score (nSPS) is 19.1. The van der Waals surface area contributed by atoms with E-state index in [4.69, 9.17) is 0 Å². The SMILES string of the molecule is C=C(C(=O)OC)C1(CC)CC1. The summed E-state index contributed by atoms with van der Waals surface area (Å²) >= 11 is 0. The van der Waals surface area contributed by atoms with Gasteiger partial charge in [0.15, 0.2) is 0 Å². The van der Waals surface area contributed by atoms with Crippen LogP contribution < -0.4 is 0 Å². The number of ether oxygens (including phenoxy) is 1. The van der Waals surface area contributed by atoms with Gasteiger partial charge >= 0.3 is 5.97 Å². The molecule has 0 aromatic heterocycles. The Morgan fingerprint density at radius 2 is 2.18 bits per heavy atom. The Morgan fingerprint density at radius 1 is 1.64 bits per heavy atom. The highest BCUT2D eigenvalue weighted by molar-refractivity contribution is 5.89. The number of esters is 1. The van der Waals surface area contributed by atoms with E-state index in [1.54, 1.807) is 0 Å². The van der Waals surface area contributed by atoms with Crippen LogP contribution in [0.15, 0.2) is 12.2 Å². The molecule has 0 heterocycles. The molecule has 2 nitrogen and oxygen atoms in total. The summed E-state index contributed by atoms with van der Waals surface area (Å²) in [5, 5.41) is 0. The smallest absolute Gasteiger partial charge is 0.333 e. The third-order valence-electron chi connectivity index (χ3n) is 2.60. The van der Waals surface area contributed by atoms with Crippen molar-refractivity contribution in [2.24, 2.45) is 5.41 Å². The molecule has 11 heavy (non-hydrogen) atoms. The molecule has 1 aliphatic rings. The van der Waals surface area contributed by atoms with Gasteiger partial charge < -0.3 is 4.74 Å². The predicted octanol–water partition coefficient (Wildman–Crippen LogP) is 1.91. The Morgan fingerprint density at radius 3 is 2.45 bits per heavy atom. The first-order valence-corrected chi connectivity index (χ1v) is 3.94. The molecule has 0 bridgehead atoms. The van der Waals surface area contributed by atoms with E-state index < -0.39 is 0 Å². The van der Waals surface area contributed by atoms with Crippen molar-refractivity contribution >= 4 is 5.97 Å². The third kappa shape index (κ3) is 1.30. The Kier molecular flexibility index (Phi) is 2.03. The van der Waals surface area contributed by atoms with Gasteiger partial charge in [0.25, 0.3) is 0 Å². The largest absolute Gasteiger partial charge is 0.466 e. The molecule has 1 saturated carbocycles. The minimum atomic E-state index is -0.246. The van der Waals surface area contributed by atoms with Crippen molar-refractivity contribution in [3.05, 3.63) is 12.2 Å². The summed E-state index contributed by atoms with van der Waals surface area (Å²) in [6.45, 7) is 5.84. The van der Waals surface area contributed by atoms with E-state index in [-0.39, 0.29) is 11.4 Å². The van der Waals surface area contributed by atoms with Gasteiger partial charge in [-0.05, 0) is 19.3 Å². The second-order valence-corrected chi connectivity index (χ2v) is 3.10. The number of carbonyl (C=O) groups is 1. The van der Waals surface area contributed by atoms with Crippen LogP contribution in [0.5, 0.6) is 0 Å². The summed E-state index contributed by atoms with van der Waals surface area (Å²) in [5.74, 6) is -0.246. The molecule has 1 fully saturated rings. The first kappa shape index (κ1) is 8.31. The van der Waals surface area contributed by atoms with Crippen LogP contribution in [-0.4, -0.2) is 13.1 Å². The van der Waals surface area contributed by atoms with E-state index in [9.17, 15) is 4.79 Å². The van der Waals surface area contributed by atoms with Crippen LogP contribution in [0.1, 0.15) is 26.2 Å². The molecule has 0 N–H and O–H groups in total. The minimum Gasteiger partial charge on any atom is -0.466 e. The fourth-order valence-electron chi connectivity index (χ4n) is 1.36. The number of hydrogen-bond acceptors (Lipinski definition) is 2. The van der Waals surface area contributed by atoms with Crippen LogP contribution in [0, 0.1) is 5.41 Å². The molecule has 0 unspecified atom stereocenters. The van der Waals surface area contributed by atoms with Gasteiger partial charge in [0.2, 0.25) is 0 Å². The average molecular weight is 154 g/mol. The first-order valence-electron chi connectivity index (χ1n) is 3.94. The van der Waals surface area contributed by atoms with Crippen molar-refractivity contribution < 1.29 is 9.53 Å². The van der Waals surface area contributed by atoms with Crippen molar-refractivity contribution in [2.45, 2.75) is 26.2 Å². The molecule has 0 radical (unpaired) electrons. The second kappa shape index (κ2) is 2.68. The van der Waals surface area contributed by atoms with E-state index >= 15 is 0 Å². The fourth-order valence-corrected chi connectivity index (χ4v) is 1.36. The lowest BCUT2D eigenvalue weighted by atomic mass is 9.94. The number of carbonyl (C=O) groups excluding carboxylic acids is 1. The Balaban J connectivity index is 2.61. The van der Waals surface area contributed by atoms with E-state index in [2.05, 4.69) is 18.2 Å². The van der Waals surface area contributed by atoms with Crippen LogP contribution in [0.4, 0.5) is 0 Å². The van der Waals surface area contributed by atoms with Crippen molar-refractivity contribution in [1.82, 2.24) is 0 Å². The summed E-state index contributed by atoms with van der Waals surface area (Å²) in [6.07, 6.45) is 3.19. The predicted molar refractivity (Wildman–Crippen MR) is 43.1 cm³/mol. The van der Waals surface area contributed by atoms with Gasteiger partial charge in [0.05, 0.1) is 7.11 Å². The number of hydrogen-bond donors (Lipinski definition) is 0. The maximum Gasteiger partial charge on any atom is 0.333 e. The molecule has 62 valence electrons. The second-order valence-electron chi connectivity index (χ2n) is 3.10. The highest BCUT2D eigenvalue weighted by Crippen LogP contribution is 2.54. The lowest BCUT2D eigenvalue weighted by Crippen LogP contribution is -2.13. The van der Waals surface area contributed by atoms with Crippen molar-refractivity contribution in [1.29, 1.82) is 0 Å².